The Hall–Kier alpha value is -0.630. The number of benzene rings is 1. The van der Waals surface area contributed by atoms with E-state index in [1.54, 1.807) is 0 Å². The van der Waals surface area contributed by atoms with Crippen LogP contribution in [0.4, 0.5) is 5.69 Å². The minimum atomic E-state index is 0.753. The van der Waals surface area contributed by atoms with Gasteiger partial charge in [-0.25, -0.2) is 0 Å². The molecule has 0 aromatic heterocycles. The van der Waals surface area contributed by atoms with Crippen LogP contribution in [0.2, 0.25) is 0 Å². The van der Waals surface area contributed by atoms with Gasteiger partial charge in [0.15, 0.2) is 0 Å². The highest BCUT2D eigenvalue weighted by atomic mass is 32.2. The summed E-state index contributed by atoms with van der Waals surface area (Å²) in [5.41, 5.74) is 6.48. The van der Waals surface area contributed by atoms with Crippen LogP contribution in [0.15, 0.2) is 29.2 Å². The SMILES string of the molecule is CCCC(CC)Sc1ccc(N)cc1. The van der Waals surface area contributed by atoms with Gasteiger partial charge in [-0.05, 0) is 37.1 Å². The quantitative estimate of drug-likeness (QED) is 0.587. The minimum Gasteiger partial charge on any atom is -0.399 e. The van der Waals surface area contributed by atoms with Crippen molar-refractivity contribution in [3.8, 4) is 0 Å². The van der Waals surface area contributed by atoms with Crippen LogP contribution in [0.1, 0.15) is 33.1 Å². The molecular formula is C12H19NS. The second-order valence-electron chi connectivity index (χ2n) is 3.51. The highest BCUT2D eigenvalue weighted by molar-refractivity contribution is 8.00. The number of hydrogen-bond donors (Lipinski definition) is 1. The van der Waals surface area contributed by atoms with Gasteiger partial charge in [0.2, 0.25) is 0 Å². The zero-order chi connectivity index (χ0) is 10.4. The summed E-state index contributed by atoms with van der Waals surface area (Å²) in [7, 11) is 0. The number of hydrogen-bond acceptors (Lipinski definition) is 2. The molecule has 1 rings (SSSR count). The maximum Gasteiger partial charge on any atom is 0.0314 e. The third-order valence-electron chi connectivity index (χ3n) is 2.25. The lowest BCUT2D eigenvalue weighted by Crippen LogP contribution is -1.99. The molecule has 0 aliphatic heterocycles. The molecule has 0 amide bonds. The average molecular weight is 209 g/mol. The van der Waals surface area contributed by atoms with E-state index in [9.17, 15) is 0 Å². The van der Waals surface area contributed by atoms with Gasteiger partial charge in [-0.2, -0.15) is 0 Å². The van der Waals surface area contributed by atoms with Crippen LogP contribution in [-0.2, 0) is 0 Å². The molecule has 1 aromatic rings. The summed E-state index contributed by atoms with van der Waals surface area (Å²) < 4.78 is 0. The molecule has 0 aliphatic rings. The third-order valence-corrected chi connectivity index (χ3v) is 3.70. The van der Waals surface area contributed by atoms with Gasteiger partial charge in [0.1, 0.15) is 0 Å². The molecule has 1 unspecified atom stereocenters. The monoisotopic (exact) mass is 209 g/mol. The molecule has 0 radical (unpaired) electrons. The van der Waals surface area contributed by atoms with E-state index in [0.29, 0.717) is 0 Å². The Bertz CT molecular complexity index is 256. The molecule has 0 aliphatic carbocycles. The van der Waals surface area contributed by atoms with Gasteiger partial charge in [-0.3, -0.25) is 0 Å². The van der Waals surface area contributed by atoms with Crippen molar-refractivity contribution in [3.63, 3.8) is 0 Å². The lowest BCUT2D eigenvalue weighted by atomic mass is 10.2. The molecule has 0 heterocycles. The topological polar surface area (TPSA) is 26.0 Å². The minimum absolute atomic E-state index is 0.753. The van der Waals surface area contributed by atoms with Gasteiger partial charge in [0, 0.05) is 15.8 Å². The summed E-state index contributed by atoms with van der Waals surface area (Å²) in [5, 5.41) is 0.753. The molecule has 0 bridgehead atoms. The smallest absolute Gasteiger partial charge is 0.0314 e. The van der Waals surface area contributed by atoms with Gasteiger partial charge < -0.3 is 5.73 Å². The predicted octanol–water partition coefficient (Wildman–Crippen LogP) is 3.94. The molecular weight excluding hydrogens is 190 g/mol. The molecule has 1 atom stereocenters. The van der Waals surface area contributed by atoms with Crippen molar-refractivity contribution in [2.45, 2.75) is 43.3 Å². The van der Waals surface area contributed by atoms with E-state index in [0.717, 1.165) is 10.9 Å². The maximum atomic E-state index is 5.64. The number of nitrogens with two attached hydrogens (primary N) is 1. The molecule has 0 spiro atoms. The van der Waals surface area contributed by atoms with Crippen LogP contribution in [-0.4, -0.2) is 5.25 Å². The molecule has 1 nitrogen and oxygen atoms in total. The number of thioether (sulfide) groups is 1. The molecule has 2 heteroatoms. The van der Waals surface area contributed by atoms with Crippen LogP contribution in [0.3, 0.4) is 0 Å². The van der Waals surface area contributed by atoms with Crippen molar-refractivity contribution in [1.82, 2.24) is 0 Å². The predicted molar refractivity (Wildman–Crippen MR) is 65.7 cm³/mol. The Morgan fingerprint density at radius 1 is 1.21 bits per heavy atom. The Morgan fingerprint density at radius 3 is 2.36 bits per heavy atom. The zero-order valence-corrected chi connectivity index (χ0v) is 9.81. The van der Waals surface area contributed by atoms with Crippen molar-refractivity contribution >= 4 is 17.4 Å². The van der Waals surface area contributed by atoms with E-state index in [1.807, 2.05) is 23.9 Å². The van der Waals surface area contributed by atoms with Crippen LogP contribution in [0.5, 0.6) is 0 Å². The summed E-state index contributed by atoms with van der Waals surface area (Å²) in [4.78, 5) is 1.33. The fourth-order valence-corrected chi connectivity index (χ4v) is 2.61. The molecule has 0 saturated heterocycles. The van der Waals surface area contributed by atoms with Gasteiger partial charge in [-0.1, -0.05) is 20.3 Å². The first-order valence-corrected chi connectivity index (χ1v) is 6.16. The van der Waals surface area contributed by atoms with E-state index in [4.69, 9.17) is 5.73 Å². The second kappa shape index (κ2) is 5.97. The summed E-state index contributed by atoms with van der Waals surface area (Å²) in [6, 6.07) is 8.17. The first kappa shape index (κ1) is 11.4. The first-order chi connectivity index (χ1) is 6.76. The maximum absolute atomic E-state index is 5.64. The fraction of sp³-hybridized carbons (Fsp3) is 0.500. The van der Waals surface area contributed by atoms with E-state index < -0.39 is 0 Å². The van der Waals surface area contributed by atoms with Crippen molar-refractivity contribution < 1.29 is 0 Å². The van der Waals surface area contributed by atoms with E-state index in [2.05, 4.69) is 26.0 Å². The summed E-state index contributed by atoms with van der Waals surface area (Å²) in [6.45, 7) is 4.50. The third kappa shape index (κ3) is 3.62. The Morgan fingerprint density at radius 2 is 1.86 bits per heavy atom. The van der Waals surface area contributed by atoms with Crippen LogP contribution < -0.4 is 5.73 Å². The largest absolute Gasteiger partial charge is 0.399 e. The molecule has 1 aromatic carbocycles. The highest BCUT2D eigenvalue weighted by Gasteiger charge is 2.06. The standard InChI is InChI=1S/C12H19NS/c1-3-5-11(4-2)14-12-8-6-10(13)7-9-12/h6-9,11H,3-5,13H2,1-2H3. The fourth-order valence-electron chi connectivity index (χ4n) is 1.41. The van der Waals surface area contributed by atoms with E-state index >= 15 is 0 Å². The lowest BCUT2D eigenvalue weighted by Gasteiger charge is -2.13. The zero-order valence-electron chi connectivity index (χ0n) is 8.99. The summed E-state index contributed by atoms with van der Waals surface area (Å²) in [6.07, 6.45) is 3.80. The van der Waals surface area contributed by atoms with Gasteiger partial charge >= 0.3 is 0 Å². The summed E-state index contributed by atoms with van der Waals surface area (Å²) >= 11 is 1.97. The molecule has 0 saturated carbocycles. The number of nitrogen functional groups attached to an aromatic ring is 1. The molecule has 14 heavy (non-hydrogen) atoms. The Balaban J connectivity index is 2.53. The van der Waals surface area contributed by atoms with Gasteiger partial charge in [0.05, 0.1) is 0 Å². The number of anilines is 1. The molecule has 2 N–H and O–H groups in total. The average Bonchev–Trinajstić information content (AvgIpc) is 2.20. The Labute approximate surface area is 91.1 Å². The van der Waals surface area contributed by atoms with Crippen molar-refractivity contribution in [2.24, 2.45) is 0 Å². The van der Waals surface area contributed by atoms with Gasteiger partial charge in [0.25, 0.3) is 0 Å². The van der Waals surface area contributed by atoms with Crippen molar-refractivity contribution in [1.29, 1.82) is 0 Å². The van der Waals surface area contributed by atoms with E-state index in [1.165, 1.54) is 24.2 Å². The normalized spacial score (nSPS) is 12.7. The van der Waals surface area contributed by atoms with Gasteiger partial charge in [-0.15, -0.1) is 11.8 Å². The number of rotatable bonds is 5. The second-order valence-corrected chi connectivity index (χ2v) is 4.88. The lowest BCUT2D eigenvalue weighted by molar-refractivity contribution is 0.719. The van der Waals surface area contributed by atoms with E-state index in [-0.39, 0.29) is 0 Å². The summed E-state index contributed by atoms with van der Waals surface area (Å²) in [5.74, 6) is 0. The van der Waals surface area contributed by atoms with Crippen LogP contribution in [0, 0.1) is 0 Å². The molecule has 0 fully saturated rings. The first-order valence-electron chi connectivity index (χ1n) is 5.28. The highest BCUT2D eigenvalue weighted by Crippen LogP contribution is 2.28. The van der Waals surface area contributed by atoms with Crippen molar-refractivity contribution in [3.05, 3.63) is 24.3 Å². The molecule has 78 valence electrons. The van der Waals surface area contributed by atoms with Crippen molar-refractivity contribution in [2.75, 3.05) is 5.73 Å². The van der Waals surface area contributed by atoms with Crippen LogP contribution in [0.25, 0.3) is 0 Å². The Kier molecular flexibility index (Phi) is 4.88. The van der Waals surface area contributed by atoms with Crippen LogP contribution >= 0.6 is 11.8 Å².